The largest absolute Gasteiger partial charge is 0.322 e. The molecule has 0 fully saturated rings. The lowest BCUT2D eigenvalue weighted by atomic mass is 10.2. The highest BCUT2D eigenvalue weighted by atomic mass is 32.2. The average Bonchev–Trinajstić information content (AvgIpc) is 2.96. The van der Waals surface area contributed by atoms with Gasteiger partial charge in [0.1, 0.15) is 0 Å². The van der Waals surface area contributed by atoms with Crippen molar-refractivity contribution in [2.75, 3.05) is 11.9 Å². The van der Waals surface area contributed by atoms with Crippen molar-refractivity contribution in [1.29, 1.82) is 0 Å². The molecule has 0 saturated carbocycles. The van der Waals surface area contributed by atoms with E-state index in [9.17, 15) is 13.2 Å². The van der Waals surface area contributed by atoms with Crippen LogP contribution in [-0.4, -0.2) is 35.6 Å². The maximum Gasteiger partial charge on any atom is 0.257 e. The van der Waals surface area contributed by atoms with Crippen LogP contribution >= 0.6 is 0 Å². The predicted molar refractivity (Wildman–Crippen MR) is 93.8 cm³/mol. The number of anilines is 1. The zero-order valence-electron chi connectivity index (χ0n) is 13.7. The highest BCUT2D eigenvalue weighted by Gasteiger charge is 2.13. The van der Waals surface area contributed by atoms with E-state index in [2.05, 4.69) is 20.1 Å². The fraction of sp³-hybridized carbons (Fsp3) is 0.188. The molecule has 0 radical (unpaired) electrons. The summed E-state index contributed by atoms with van der Waals surface area (Å²) in [7, 11) is -1.74. The maximum atomic E-state index is 12.3. The normalized spacial score (nSPS) is 11.6. The van der Waals surface area contributed by atoms with Crippen LogP contribution in [0, 0.1) is 0 Å². The summed E-state index contributed by atoms with van der Waals surface area (Å²) in [6, 6.07) is 7.66. The fourth-order valence-electron chi connectivity index (χ4n) is 2.36. The first-order valence-electron chi connectivity index (χ1n) is 7.59. The Balaban J connectivity index is 1.78. The molecule has 2 aromatic heterocycles. The average molecular weight is 359 g/mol. The van der Waals surface area contributed by atoms with E-state index in [1.54, 1.807) is 30.9 Å². The molecule has 9 heteroatoms. The van der Waals surface area contributed by atoms with Crippen LogP contribution in [0.3, 0.4) is 0 Å². The number of sulfonamides is 1. The molecular weight excluding hydrogens is 342 g/mol. The van der Waals surface area contributed by atoms with E-state index in [4.69, 9.17) is 0 Å². The van der Waals surface area contributed by atoms with Crippen molar-refractivity contribution in [3.05, 3.63) is 48.3 Å². The van der Waals surface area contributed by atoms with E-state index in [1.165, 1.54) is 30.5 Å². The number of hydrogen-bond donors (Lipinski definition) is 2. The lowest BCUT2D eigenvalue weighted by Crippen LogP contribution is -2.23. The summed E-state index contributed by atoms with van der Waals surface area (Å²) >= 11 is 0. The number of aryl methyl sites for hydroxylation is 1. The summed E-state index contributed by atoms with van der Waals surface area (Å²) in [6.07, 6.45) is 3.11. The van der Waals surface area contributed by atoms with Crippen LogP contribution in [0.2, 0.25) is 0 Å². The Morgan fingerprint density at radius 2 is 1.92 bits per heavy atom. The zero-order valence-corrected chi connectivity index (χ0v) is 14.5. The monoisotopic (exact) mass is 359 g/mol. The molecule has 2 N–H and O–H groups in total. The summed E-state index contributed by atoms with van der Waals surface area (Å²) in [5.41, 5.74) is 1.58. The number of fused-ring (bicyclic) bond motifs is 1. The first-order valence-corrected chi connectivity index (χ1v) is 9.08. The van der Waals surface area contributed by atoms with Gasteiger partial charge >= 0.3 is 0 Å². The number of amides is 1. The first kappa shape index (κ1) is 17.1. The molecule has 1 aromatic carbocycles. The number of nitrogens with zero attached hydrogens (tertiary/aromatic N) is 3. The number of benzene rings is 1. The van der Waals surface area contributed by atoms with Gasteiger partial charge in [-0.05, 0) is 30.3 Å². The van der Waals surface area contributed by atoms with Crippen LogP contribution in [0.5, 0.6) is 0 Å². The van der Waals surface area contributed by atoms with Crippen LogP contribution in [0.15, 0.2) is 47.6 Å². The molecule has 2 heterocycles. The highest BCUT2D eigenvalue weighted by molar-refractivity contribution is 7.89. The summed E-state index contributed by atoms with van der Waals surface area (Å²) in [5, 5.41) is 7.57. The van der Waals surface area contributed by atoms with Crippen LogP contribution < -0.4 is 10.0 Å². The third-order valence-corrected chi connectivity index (χ3v) is 5.15. The summed E-state index contributed by atoms with van der Waals surface area (Å²) in [6.45, 7) is 2.02. The van der Waals surface area contributed by atoms with Crippen molar-refractivity contribution in [1.82, 2.24) is 19.5 Å². The van der Waals surface area contributed by atoms with Crippen molar-refractivity contribution in [2.45, 2.75) is 11.8 Å². The summed E-state index contributed by atoms with van der Waals surface area (Å²) in [5.74, 6) is -0.333. The number of carbonyl (C=O) groups is 1. The molecule has 0 aliphatic rings. The molecule has 1 amide bonds. The summed E-state index contributed by atoms with van der Waals surface area (Å²) in [4.78, 5) is 16.7. The molecule has 0 bridgehead atoms. The third kappa shape index (κ3) is 3.52. The molecule has 8 nitrogen and oxygen atoms in total. The van der Waals surface area contributed by atoms with E-state index in [-0.39, 0.29) is 10.8 Å². The number of pyridine rings is 1. The van der Waals surface area contributed by atoms with Crippen LogP contribution in [0.1, 0.15) is 17.3 Å². The van der Waals surface area contributed by atoms with Crippen LogP contribution in [-0.2, 0) is 17.1 Å². The number of aromatic nitrogens is 3. The second-order valence-corrected chi connectivity index (χ2v) is 7.15. The quantitative estimate of drug-likeness (QED) is 0.718. The highest BCUT2D eigenvalue weighted by Crippen LogP contribution is 2.16. The van der Waals surface area contributed by atoms with Gasteiger partial charge in [-0.15, -0.1) is 0 Å². The Morgan fingerprint density at radius 3 is 2.60 bits per heavy atom. The minimum atomic E-state index is -3.51. The van der Waals surface area contributed by atoms with Crippen LogP contribution in [0.4, 0.5) is 5.69 Å². The predicted octanol–water partition coefficient (Wildman–Crippen LogP) is 1.52. The molecule has 3 aromatic rings. The van der Waals surface area contributed by atoms with Gasteiger partial charge in [-0.2, -0.15) is 5.10 Å². The topological polar surface area (TPSA) is 106 Å². The number of hydrogen-bond acceptors (Lipinski definition) is 5. The molecule has 130 valence electrons. The zero-order chi connectivity index (χ0) is 18.0. The number of nitrogens with one attached hydrogen (secondary N) is 2. The van der Waals surface area contributed by atoms with Crippen molar-refractivity contribution in [3.63, 3.8) is 0 Å². The van der Waals surface area contributed by atoms with E-state index in [0.29, 0.717) is 23.4 Å². The van der Waals surface area contributed by atoms with Gasteiger partial charge in [-0.1, -0.05) is 6.92 Å². The van der Waals surface area contributed by atoms with Crippen molar-refractivity contribution in [2.24, 2.45) is 7.05 Å². The van der Waals surface area contributed by atoms with E-state index >= 15 is 0 Å². The van der Waals surface area contributed by atoms with E-state index in [1.807, 2.05) is 0 Å². The molecule has 0 aliphatic heterocycles. The Hall–Kier alpha value is -2.78. The third-order valence-electron chi connectivity index (χ3n) is 3.59. The Morgan fingerprint density at radius 1 is 1.20 bits per heavy atom. The molecule has 3 rings (SSSR count). The Kier molecular flexibility index (Phi) is 4.51. The van der Waals surface area contributed by atoms with Gasteiger partial charge in [0.25, 0.3) is 5.91 Å². The maximum absolute atomic E-state index is 12.3. The second kappa shape index (κ2) is 6.61. The Labute approximate surface area is 144 Å². The smallest absolute Gasteiger partial charge is 0.257 e. The van der Waals surface area contributed by atoms with Gasteiger partial charge < -0.3 is 5.32 Å². The Bertz CT molecular complexity index is 1030. The standard InChI is InChI=1S/C16H17N5O3S/c1-3-19-25(23,24)14-6-4-13(5-7-14)20-16(22)12-8-11-10-18-21(2)15(11)17-9-12/h4-10,19H,3H2,1-2H3,(H,20,22). The van der Waals surface area contributed by atoms with Gasteiger partial charge in [0, 0.05) is 30.9 Å². The molecule has 0 unspecified atom stereocenters. The number of carbonyl (C=O) groups excluding carboxylic acids is 1. The minimum absolute atomic E-state index is 0.144. The molecular formula is C16H17N5O3S. The van der Waals surface area contributed by atoms with Gasteiger partial charge in [0.2, 0.25) is 10.0 Å². The molecule has 0 saturated heterocycles. The van der Waals surface area contributed by atoms with Crippen molar-refractivity contribution < 1.29 is 13.2 Å². The van der Waals surface area contributed by atoms with Gasteiger partial charge in [0.05, 0.1) is 16.7 Å². The minimum Gasteiger partial charge on any atom is -0.322 e. The summed E-state index contributed by atoms with van der Waals surface area (Å²) < 4.78 is 27.8. The second-order valence-electron chi connectivity index (χ2n) is 5.38. The van der Waals surface area contributed by atoms with Gasteiger partial charge in [0.15, 0.2) is 5.65 Å². The molecule has 0 aliphatic carbocycles. The van der Waals surface area contributed by atoms with Crippen molar-refractivity contribution in [3.8, 4) is 0 Å². The van der Waals surface area contributed by atoms with Gasteiger partial charge in [-0.3, -0.25) is 9.48 Å². The fourth-order valence-corrected chi connectivity index (χ4v) is 3.40. The van der Waals surface area contributed by atoms with Gasteiger partial charge in [-0.25, -0.2) is 18.1 Å². The SMILES string of the molecule is CCNS(=O)(=O)c1ccc(NC(=O)c2cnc3c(cnn3C)c2)cc1. The van der Waals surface area contributed by atoms with E-state index < -0.39 is 10.0 Å². The lowest BCUT2D eigenvalue weighted by Gasteiger charge is -2.08. The van der Waals surface area contributed by atoms with Crippen molar-refractivity contribution >= 4 is 32.7 Å². The lowest BCUT2D eigenvalue weighted by molar-refractivity contribution is 0.102. The molecule has 0 atom stereocenters. The van der Waals surface area contributed by atoms with E-state index in [0.717, 1.165) is 5.39 Å². The molecule has 0 spiro atoms. The first-order chi connectivity index (χ1) is 11.9. The van der Waals surface area contributed by atoms with Crippen LogP contribution in [0.25, 0.3) is 11.0 Å². The molecule has 25 heavy (non-hydrogen) atoms. The number of rotatable bonds is 5.